The molecule has 1 aromatic rings. The van der Waals surface area contributed by atoms with Crippen molar-refractivity contribution in [1.82, 2.24) is 0 Å². The van der Waals surface area contributed by atoms with Crippen LogP contribution in [0.15, 0.2) is 12.1 Å². The second-order valence-electron chi connectivity index (χ2n) is 3.80. The Morgan fingerprint density at radius 3 is 2.71 bits per heavy atom. The summed E-state index contributed by atoms with van der Waals surface area (Å²) in [5, 5.41) is 0.315. The Labute approximate surface area is 106 Å². The Morgan fingerprint density at radius 2 is 2.12 bits per heavy atom. The van der Waals surface area contributed by atoms with Crippen LogP contribution in [0, 0.1) is 0 Å². The van der Waals surface area contributed by atoms with E-state index in [0.29, 0.717) is 23.1 Å². The molecule has 0 saturated heterocycles. The Balaban J connectivity index is 2.85. The van der Waals surface area contributed by atoms with E-state index in [4.69, 9.17) is 27.8 Å². The third-order valence-corrected chi connectivity index (χ3v) is 2.61. The van der Waals surface area contributed by atoms with Gasteiger partial charge in [-0.3, -0.25) is 4.79 Å². The molecule has 0 aliphatic heterocycles. The van der Waals surface area contributed by atoms with Crippen molar-refractivity contribution in [1.29, 1.82) is 0 Å². The summed E-state index contributed by atoms with van der Waals surface area (Å²) in [4.78, 5) is 11.2. The number of halogens is 1. The van der Waals surface area contributed by atoms with Gasteiger partial charge in [-0.05, 0) is 18.6 Å². The van der Waals surface area contributed by atoms with E-state index < -0.39 is 5.91 Å². The van der Waals surface area contributed by atoms with Crippen LogP contribution in [-0.2, 0) is 0 Å². The molecule has 0 radical (unpaired) electrons. The summed E-state index contributed by atoms with van der Waals surface area (Å²) in [6, 6.07) is 3.02. The number of hydrogen-bond donors (Lipinski definition) is 2. The Bertz CT molecular complexity index is 408. The van der Waals surface area contributed by atoms with Gasteiger partial charge < -0.3 is 16.2 Å². The highest BCUT2D eigenvalue weighted by molar-refractivity contribution is 6.33. The van der Waals surface area contributed by atoms with E-state index in [1.807, 2.05) is 0 Å². The molecule has 0 aliphatic carbocycles. The van der Waals surface area contributed by atoms with Crippen molar-refractivity contribution in [2.24, 2.45) is 5.73 Å². The highest BCUT2D eigenvalue weighted by Gasteiger charge is 2.14. The zero-order valence-electron chi connectivity index (χ0n) is 9.83. The summed E-state index contributed by atoms with van der Waals surface area (Å²) in [5.41, 5.74) is 11.5. The first kappa shape index (κ1) is 13.6. The first-order valence-corrected chi connectivity index (χ1v) is 5.95. The van der Waals surface area contributed by atoms with Gasteiger partial charge in [-0.2, -0.15) is 0 Å². The Hall–Kier alpha value is -1.42. The molecule has 4 nitrogen and oxygen atoms in total. The second kappa shape index (κ2) is 6.35. The highest BCUT2D eigenvalue weighted by Crippen LogP contribution is 2.31. The molecule has 1 aromatic carbocycles. The topological polar surface area (TPSA) is 78.3 Å². The van der Waals surface area contributed by atoms with Gasteiger partial charge in [-0.15, -0.1) is 0 Å². The number of primary amides is 1. The monoisotopic (exact) mass is 256 g/mol. The number of nitrogens with two attached hydrogens (primary N) is 2. The SMILES string of the molecule is CCCCCOc1c(Cl)cc(N)cc1C(N)=O. The third kappa shape index (κ3) is 3.82. The number of nitrogen functional groups attached to an aromatic ring is 1. The van der Waals surface area contributed by atoms with Gasteiger partial charge in [-0.1, -0.05) is 31.4 Å². The number of hydrogen-bond acceptors (Lipinski definition) is 3. The molecule has 4 N–H and O–H groups in total. The van der Waals surface area contributed by atoms with Gasteiger partial charge in [0.25, 0.3) is 5.91 Å². The molecule has 0 fully saturated rings. The van der Waals surface area contributed by atoms with Crippen molar-refractivity contribution >= 4 is 23.2 Å². The smallest absolute Gasteiger partial charge is 0.252 e. The van der Waals surface area contributed by atoms with E-state index in [2.05, 4.69) is 6.92 Å². The quantitative estimate of drug-likeness (QED) is 0.607. The van der Waals surface area contributed by atoms with E-state index in [0.717, 1.165) is 19.3 Å². The maximum Gasteiger partial charge on any atom is 0.252 e. The van der Waals surface area contributed by atoms with E-state index in [1.165, 1.54) is 6.07 Å². The van der Waals surface area contributed by atoms with Crippen LogP contribution in [-0.4, -0.2) is 12.5 Å². The minimum atomic E-state index is -0.593. The second-order valence-corrected chi connectivity index (χ2v) is 4.21. The van der Waals surface area contributed by atoms with Crippen LogP contribution in [0.2, 0.25) is 5.02 Å². The number of rotatable bonds is 6. The number of unbranched alkanes of at least 4 members (excludes halogenated alkanes) is 2. The fraction of sp³-hybridized carbons (Fsp3) is 0.417. The van der Waals surface area contributed by atoms with Gasteiger partial charge in [0.05, 0.1) is 17.2 Å². The van der Waals surface area contributed by atoms with E-state index in [-0.39, 0.29) is 5.56 Å². The van der Waals surface area contributed by atoms with Crippen LogP contribution in [0.25, 0.3) is 0 Å². The van der Waals surface area contributed by atoms with Crippen molar-refractivity contribution in [2.45, 2.75) is 26.2 Å². The van der Waals surface area contributed by atoms with Crippen LogP contribution in [0.4, 0.5) is 5.69 Å². The maximum atomic E-state index is 11.2. The predicted molar refractivity (Wildman–Crippen MR) is 69.4 cm³/mol. The molecule has 94 valence electrons. The molecule has 17 heavy (non-hydrogen) atoms. The zero-order chi connectivity index (χ0) is 12.8. The van der Waals surface area contributed by atoms with Gasteiger partial charge in [0, 0.05) is 5.69 Å². The average molecular weight is 257 g/mol. The molecule has 0 bridgehead atoms. The van der Waals surface area contributed by atoms with Gasteiger partial charge >= 0.3 is 0 Å². The van der Waals surface area contributed by atoms with E-state index >= 15 is 0 Å². The lowest BCUT2D eigenvalue weighted by molar-refractivity contribution is 0.0996. The van der Waals surface area contributed by atoms with E-state index in [1.54, 1.807) is 6.07 Å². The summed E-state index contributed by atoms with van der Waals surface area (Å²) in [7, 11) is 0. The Morgan fingerprint density at radius 1 is 1.41 bits per heavy atom. The summed E-state index contributed by atoms with van der Waals surface area (Å²) >= 11 is 5.98. The first-order chi connectivity index (χ1) is 8.06. The van der Waals surface area contributed by atoms with Gasteiger partial charge in [0.1, 0.15) is 0 Å². The number of anilines is 1. The van der Waals surface area contributed by atoms with Gasteiger partial charge in [0.2, 0.25) is 0 Å². The number of benzene rings is 1. The molecule has 5 heteroatoms. The molecule has 0 saturated carbocycles. The van der Waals surface area contributed by atoms with Gasteiger partial charge in [0.15, 0.2) is 5.75 Å². The highest BCUT2D eigenvalue weighted by atomic mass is 35.5. The summed E-state index contributed by atoms with van der Waals surface area (Å²) in [6.45, 7) is 2.61. The minimum Gasteiger partial charge on any atom is -0.491 e. The summed E-state index contributed by atoms with van der Waals surface area (Å²) < 4.78 is 5.50. The molecular formula is C12H17ClN2O2. The molecule has 1 amide bonds. The van der Waals surface area contributed by atoms with Crippen molar-refractivity contribution in [3.63, 3.8) is 0 Å². The molecular weight excluding hydrogens is 240 g/mol. The molecule has 0 unspecified atom stereocenters. The van der Waals surface area contributed by atoms with Crippen molar-refractivity contribution in [3.8, 4) is 5.75 Å². The Kier molecular flexibility index (Phi) is 5.10. The standard InChI is InChI=1S/C12H17ClN2O2/c1-2-3-4-5-17-11-9(12(15)16)6-8(14)7-10(11)13/h6-7H,2-5,14H2,1H3,(H2,15,16). The van der Waals surface area contributed by atoms with Crippen LogP contribution in [0.1, 0.15) is 36.5 Å². The molecule has 0 aliphatic rings. The fourth-order valence-corrected chi connectivity index (χ4v) is 1.75. The number of amides is 1. The predicted octanol–water partition coefficient (Wildman–Crippen LogP) is 2.59. The molecule has 0 spiro atoms. The molecule has 0 atom stereocenters. The van der Waals surface area contributed by atoms with Crippen molar-refractivity contribution in [2.75, 3.05) is 12.3 Å². The van der Waals surface area contributed by atoms with Crippen molar-refractivity contribution in [3.05, 3.63) is 22.7 Å². The summed E-state index contributed by atoms with van der Waals surface area (Å²) in [5.74, 6) is -0.269. The van der Waals surface area contributed by atoms with Crippen LogP contribution in [0.3, 0.4) is 0 Å². The lowest BCUT2D eigenvalue weighted by atomic mass is 10.1. The molecule has 0 heterocycles. The summed E-state index contributed by atoms with van der Waals surface area (Å²) in [6.07, 6.45) is 3.08. The van der Waals surface area contributed by atoms with Crippen LogP contribution < -0.4 is 16.2 Å². The normalized spacial score (nSPS) is 10.2. The molecule has 1 rings (SSSR count). The van der Waals surface area contributed by atoms with Crippen molar-refractivity contribution < 1.29 is 9.53 Å². The number of carbonyl (C=O) groups excluding carboxylic acids is 1. The molecule has 0 aromatic heterocycles. The average Bonchev–Trinajstić information content (AvgIpc) is 2.25. The van der Waals surface area contributed by atoms with Crippen LogP contribution >= 0.6 is 11.6 Å². The third-order valence-electron chi connectivity index (χ3n) is 2.33. The first-order valence-electron chi connectivity index (χ1n) is 5.58. The van der Waals surface area contributed by atoms with Crippen LogP contribution in [0.5, 0.6) is 5.75 Å². The largest absolute Gasteiger partial charge is 0.491 e. The maximum absolute atomic E-state index is 11.2. The fourth-order valence-electron chi connectivity index (χ4n) is 1.47. The lowest BCUT2D eigenvalue weighted by Crippen LogP contribution is -2.14. The number of carbonyl (C=O) groups is 1. The number of ether oxygens (including phenoxy) is 1. The lowest BCUT2D eigenvalue weighted by Gasteiger charge is -2.12. The minimum absolute atomic E-state index is 0.228. The zero-order valence-corrected chi connectivity index (χ0v) is 10.6. The van der Waals surface area contributed by atoms with Gasteiger partial charge in [-0.25, -0.2) is 0 Å². The van der Waals surface area contributed by atoms with E-state index in [9.17, 15) is 4.79 Å².